The molecule has 2 aromatic carbocycles. The third kappa shape index (κ3) is 4.81. The molecule has 0 aliphatic carbocycles. The van der Waals surface area contributed by atoms with Gasteiger partial charge in [0.1, 0.15) is 5.75 Å². The van der Waals surface area contributed by atoms with Gasteiger partial charge in [0.05, 0.1) is 10.6 Å². The summed E-state index contributed by atoms with van der Waals surface area (Å²) in [5, 5.41) is 5.69. The summed E-state index contributed by atoms with van der Waals surface area (Å²) >= 11 is 0. The number of hydrogen-bond donors (Lipinski definition) is 2. The van der Waals surface area contributed by atoms with Gasteiger partial charge in [-0.05, 0) is 61.9 Å². The van der Waals surface area contributed by atoms with E-state index in [0.29, 0.717) is 35.8 Å². The number of amides is 2. The summed E-state index contributed by atoms with van der Waals surface area (Å²) < 4.78 is 33.8. The predicted octanol–water partition coefficient (Wildman–Crippen LogP) is 3.88. The van der Waals surface area contributed by atoms with E-state index in [0.717, 1.165) is 5.69 Å². The lowest BCUT2D eigenvalue weighted by atomic mass is 9.97. The lowest BCUT2D eigenvalue weighted by molar-refractivity contribution is -0.123. The Bertz CT molecular complexity index is 1200. The van der Waals surface area contributed by atoms with Gasteiger partial charge in [-0.15, -0.1) is 0 Å². The minimum absolute atomic E-state index is 0.0857. The Morgan fingerprint density at radius 3 is 2.41 bits per heavy atom. The number of piperidine rings is 1. The second-order valence-electron chi connectivity index (χ2n) is 9.31. The Hall–Kier alpha value is -2.91. The van der Waals surface area contributed by atoms with Gasteiger partial charge in [0.15, 0.2) is 6.10 Å². The van der Waals surface area contributed by atoms with Crippen molar-refractivity contribution in [1.82, 2.24) is 4.31 Å². The lowest BCUT2D eigenvalue weighted by Gasteiger charge is -2.31. The SMILES string of the molecule is Cc1cc2c(cc1S(=O)(=O)N1CCC(C(=O)Nc3ccc(C(C)C)cc3)CC1)O[C@@H](C)C(=O)N2. The van der Waals surface area contributed by atoms with Crippen molar-refractivity contribution in [2.75, 3.05) is 23.7 Å². The molecule has 2 amide bonds. The van der Waals surface area contributed by atoms with Gasteiger partial charge < -0.3 is 15.4 Å². The fourth-order valence-corrected chi connectivity index (χ4v) is 6.01. The number of rotatable bonds is 5. The van der Waals surface area contributed by atoms with Crippen LogP contribution in [0.5, 0.6) is 5.75 Å². The number of ether oxygens (including phenoxy) is 1. The van der Waals surface area contributed by atoms with Crippen molar-refractivity contribution in [3.63, 3.8) is 0 Å². The fraction of sp³-hybridized carbons (Fsp3) is 0.440. The molecule has 0 bridgehead atoms. The first kappa shape index (κ1) is 24.2. The van der Waals surface area contributed by atoms with Crippen LogP contribution in [0.15, 0.2) is 41.3 Å². The molecule has 182 valence electrons. The average molecular weight is 486 g/mol. The zero-order valence-electron chi connectivity index (χ0n) is 19.9. The number of benzene rings is 2. The molecule has 8 nitrogen and oxygen atoms in total. The van der Waals surface area contributed by atoms with Crippen molar-refractivity contribution in [3.05, 3.63) is 47.5 Å². The number of carbonyl (C=O) groups is 2. The Balaban J connectivity index is 1.42. The largest absolute Gasteiger partial charge is 0.479 e. The molecule has 2 aliphatic heterocycles. The van der Waals surface area contributed by atoms with Gasteiger partial charge in [0.25, 0.3) is 5.91 Å². The quantitative estimate of drug-likeness (QED) is 0.669. The molecule has 34 heavy (non-hydrogen) atoms. The van der Waals surface area contributed by atoms with Crippen LogP contribution < -0.4 is 15.4 Å². The number of carbonyl (C=O) groups excluding carboxylic acids is 2. The molecule has 0 unspecified atom stereocenters. The number of aryl methyl sites for hydroxylation is 1. The standard InChI is InChI=1S/C25H31N3O5S/c1-15(2)18-5-7-20(8-6-18)26-25(30)19-9-11-28(12-10-19)34(31,32)23-14-22-21(13-16(23)3)27-24(29)17(4)33-22/h5-8,13-15,17,19H,9-12H2,1-4H3,(H,26,30)(H,27,29)/t17-/m0/s1. The third-order valence-corrected chi connectivity index (χ3v) is 8.54. The zero-order chi connectivity index (χ0) is 24.6. The van der Waals surface area contributed by atoms with Crippen LogP contribution in [-0.4, -0.2) is 43.7 Å². The van der Waals surface area contributed by atoms with Crippen LogP contribution in [0, 0.1) is 12.8 Å². The van der Waals surface area contributed by atoms with E-state index in [1.807, 2.05) is 24.3 Å². The number of nitrogens with zero attached hydrogens (tertiary/aromatic N) is 1. The van der Waals surface area contributed by atoms with E-state index in [-0.39, 0.29) is 35.7 Å². The smallest absolute Gasteiger partial charge is 0.265 e. The molecule has 1 atom stereocenters. The summed E-state index contributed by atoms with van der Waals surface area (Å²) in [4.78, 5) is 24.8. The summed E-state index contributed by atoms with van der Waals surface area (Å²) in [7, 11) is -3.77. The first-order chi connectivity index (χ1) is 16.1. The average Bonchev–Trinajstić information content (AvgIpc) is 2.80. The van der Waals surface area contributed by atoms with Crippen LogP contribution in [0.4, 0.5) is 11.4 Å². The molecule has 0 spiro atoms. The molecule has 2 heterocycles. The molecule has 2 aliphatic rings. The minimum Gasteiger partial charge on any atom is -0.479 e. The zero-order valence-corrected chi connectivity index (χ0v) is 20.7. The van der Waals surface area contributed by atoms with Crippen LogP contribution >= 0.6 is 0 Å². The third-order valence-electron chi connectivity index (χ3n) is 6.50. The van der Waals surface area contributed by atoms with Crippen molar-refractivity contribution in [2.45, 2.75) is 57.5 Å². The number of sulfonamides is 1. The Labute approximate surface area is 200 Å². The van der Waals surface area contributed by atoms with Crippen molar-refractivity contribution >= 4 is 33.2 Å². The summed E-state index contributed by atoms with van der Waals surface area (Å²) in [6.45, 7) is 8.07. The maximum atomic E-state index is 13.4. The van der Waals surface area contributed by atoms with Crippen LogP contribution in [0.1, 0.15) is 50.7 Å². The number of nitrogens with one attached hydrogen (secondary N) is 2. The molecular formula is C25H31N3O5S. The highest BCUT2D eigenvalue weighted by molar-refractivity contribution is 7.89. The maximum Gasteiger partial charge on any atom is 0.265 e. The molecule has 1 saturated heterocycles. The van der Waals surface area contributed by atoms with Crippen LogP contribution in [0.2, 0.25) is 0 Å². The van der Waals surface area contributed by atoms with E-state index in [1.165, 1.54) is 15.9 Å². The topological polar surface area (TPSA) is 105 Å². The highest BCUT2D eigenvalue weighted by Crippen LogP contribution is 2.36. The van der Waals surface area contributed by atoms with E-state index in [2.05, 4.69) is 24.5 Å². The highest BCUT2D eigenvalue weighted by Gasteiger charge is 2.34. The number of anilines is 2. The highest BCUT2D eigenvalue weighted by atomic mass is 32.2. The van der Waals surface area contributed by atoms with E-state index in [1.54, 1.807) is 19.9 Å². The molecule has 2 aromatic rings. The molecule has 0 saturated carbocycles. The van der Waals surface area contributed by atoms with Crippen LogP contribution in [-0.2, 0) is 19.6 Å². The normalized spacial score (nSPS) is 19.3. The molecule has 4 rings (SSSR count). The van der Waals surface area contributed by atoms with Crippen molar-refractivity contribution in [3.8, 4) is 5.75 Å². The fourth-order valence-electron chi connectivity index (χ4n) is 4.31. The second-order valence-corrected chi connectivity index (χ2v) is 11.2. The number of fused-ring (bicyclic) bond motifs is 1. The van der Waals surface area contributed by atoms with E-state index in [9.17, 15) is 18.0 Å². The van der Waals surface area contributed by atoms with Gasteiger partial charge in [-0.3, -0.25) is 9.59 Å². The molecule has 9 heteroatoms. The van der Waals surface area contributed by atoms with Gasteiger partial charge in [-0.1, -0.05) is 26.0 Å². The van der Waals surface area contributed by atoms with Gasteiger partial charge in [0, 0.05) is 30.8 Å². The Morgan fingerprint density at radius 2 is 1.79 bits per heavy atom. The molecular weight excluding hydrogens is 454 g/mol. The Morgan fingerprint density at radius 1 is 1.15 bits per heavy atom. The monoisotopic (exact) mass is 485 g/mol. The summed E-state index contributed by atoms with van der Waals surface area (Å²) in [6, 6.07) is 10.9. The lowest BCUT2D eigenvalue weighted by Crippen LogP contribution is -2.41. The molecule has 2 N–H and O–H groups in total. The van der Waals surface area contributed by atoms with Gasteiger partial charge in [0.2, 0.25) is 15.9 Å². The second kappa shape index (κ2) is 9.38. The molecule has 1 fully saturated rings. The van der Waals surface area contributed by atoms with Crippen molar-refractivity contribution in [2.24, 2.45) is 5.92 Å². The van der Waals surface area contributed by atoms with Crippen LogP contribution in [0.3, 0.4) is 0 Å². The van der Waals surface area contributed by atoms with Crippen LogP contribution in [0.25, 0.3) is 0 Å². The van der Waals surface area contributed by atoms with Gasteiger partial charge >= 0.3 is 0 Å². The van der Waals surface area contributed by atoms with E-state index in [4.69, 9.17) is 4.74 Å². The predicted molar refractivity (Wildman–Crippen MR) is 131 cm³/mol. The molecule has 0 radical (unpaired) electrons. The first-order valence-corrected chi connectivity index (χ1v) is 13.0. The Kier molecular flexibility index (Phi) is 6.69. The summed E-state index contributed by atoms with van der Waals surface area (Å²) in [5.74, 6) is 0.161. The number of hydrogen-bond acceptors (Lipinski definition) is 5. The summed E-state index contributed by atoms with van der Waals surface area (Å²) in [5.41, 5.74) is 2.95. The van der Waals surface area contributed by atoms with Crippen molar-refractivity contribution < 1.29 is 22.7 Å². The summed E-state index contributed by atoms with van der Waals surface area (Å²) in [6.07, 6.45) is 0.201. The molecule has 0 aromatic heterocycles. The maximum absolute atomic E-state index is 13.4. The first-order valence-electron chi connectivity index (χ1n) is 11.6. The minimum atomic E-state index is -3.77. The van der Waals surface area contributed by atoms with Gasteiger partial charge in [-0.2, -0.15) is 4.31 Å². The van der Waals surface area contributed by atoms with E-state index >= 15 is 0 Å². The van der Waals surface area contributed by atoms with Gasteiger partial charge in [-0.25, -0.2) is 8.42 Å². The van der Waals surface area contributed by atoms with E-state index < -0.39 is 16.1 Å². The van der Waals surface area contributed by atoms with Crippen molar-refractivity contribution in [1.29, 1.82) is 0 Å².